The van der Waals surface area contributed by atoms with Gasteiger partial charge in [-0.25, -0.2) is 0 Å². The molecule has 0 saturated heterocycles. The van der Waals surface area contributed by atoms with Crippen LogP contribution >= 0.6 is 34.2 Å². The van der Waals surface area contributed by atoms with Crippen LogP contribution in [0.5, 0.6) is 5.75 Å². The van der Waals surface area contributed by atoms with E-state index in [1.165, 1.54) is 0 Å². The van der Waals surface area contributed by atoms with Gasteiger partial charge in [0.25, 0.3) is 5.91 Å². The molecular formula is C21H24ClIN2O3. The van der Waals surface area contributed by atoms with Crippen molar-refractivity contribution in [1.29, 1.82) is 0 Å². The molecule has 150 valence electrons. The second kappa shape index (κ2) is 11.3. The molecule has 0 saturated carbocycles. The number of halogens is 2. The number of carbonyl (C=O) groups excluding carboxylic acids is 2. The summed E-state index contributed by atoms with van der Waals surface area (Å²) in [5.74, 6) is 0.161. The SMILES string of the molecule is CCNC(=O)C(CC)N(Cc1ccccc1Cl)C(=O)COc1ccc(I)cc1. The first-order chi connectivity index (χ1) is 13.5. The zero-order valence-corrected chi connectivity index (χ0v) is 18.9. The molecule has 0 bridgehead atoms. The van der Waals surface area contributed by atoms with Crippen molar-refractivity contribution in [2.75, 3.05) is 13.2 Å². The number of benzene rings is 2. The van der Waals surface area contributed by atoms with E-state index in [-0.39, 0.29) is 25.0 Å². The maximum Gasteiger partial charge on any atom is 0.261 e. The Balaban J connectivity index is 2.20. The van der Waals surface area contributed by atoms with Crippen molar-refractivity contribution in [1.82, 2.24) is 10.2 Å². The molecular weight excluding hydrogens is 491 g/mol. The lowest BCUT2D eigenvalue weighted by Crippen LogP contribution is -2.50. The predicted octanol–water partition coefficient (Wildman–Crippen LogP) is 4.27. The number of amides is 2. The Hall–Kier alpha value is -1.80. The van der Waals surface area contributed by atoms with Crippen LogP contribution < -0.4 is 10.1 Å². The number of hydrogen-bond acceptors (Lipinski definition) is 3. The summed E-state index contributed by atoms with van der Waals surface area (Å²) in [5.41, 5.74) is 0.787. The number of ether oxygens (including phenoxy) is 1. The van der Waals surface area contributed by atoms with Crippen LogP contribution in [0.2, 0.25) is 5.02 Å². The van der Waals surface area contributed by atoms with E-state index in [2.05, 4.69) is 27.9 Å². The fourth-order valence-electron chi connectivity index (χ4n) is 2.78. The molecule has 1 N–H and O–H groups in total. The monoisotopic (exact) mass is 514 g/mol. The summed E-state index contributed by atoms with van der Waals surface area (Å²) in [5, 5.41) is 3.36. The van der Waals surface area contributed by atoms with Gasteiger partial charge in [-0.05, 0) is 71.8 Å². The third-order valence-electron chi connectivity index (χ3n) is 4.21. The minimum Gasteiger partial charge on any atom is -0.484 e. The lowest BCUT2D eigenvalue weighted by molar-refractivity contribution is -0.142. The van der Waals surface area contributed by atoms with E-state index in [0.29, 0.717) is 23.7 Å². The lowest BCUT2D eigenvalue weighted by Gasteiger charge is -2.30. The molecule has 0 aliphatic carbocycles. The van der Waals surface area contributed by atoms with E-state index in [4.69, 9.17) is 16.3 Å². The van der Waals surface area contributed by atoms with Crippen molar-refractivity contribution in [2.45, 2.75) is 32.9 Å². The van der Waals surface area contributed by atoms with Gasteiger partial charge in [0.1, 0.15) is 11.8 Å². The van der Waals surface area contributed by atoms with Crippen LogP contribution in [0.15, 0.2) is 48.5 Å². The highest BCUT2D eigenvalue weighted by Gasteiger charge is 2.29. The number of rotatable bonds is 9. The van der Waals surface area contributed by atoms with Crippen molar-refractivity contribution in [3.63, 3.8) is 0 Å². The summed E-state index contributed by atoms with van der Waals surface area (Å²) < 4.78 is 6.73. The number of nitrogens with one attached hydrogen (secondary N) is 1. The standard InChI is InChI=1S/C21H24ClIN2O3/c1-3-19(21(27)24-4-2)25(13-15-7-5-6-8-18(15)22)20(26)14-28-17-11-9-16(23)10-12-17/h5-12,19H,3-4,13-14H2,1-2H3,(H,24,27). The molecule has 0 radical (unpaired) electrons. The zero-order chi connectivity index (χ0) is 20.5. The van der Waals surface area contributed by atoms with Gasteiger partial charge in [0.2, 0.25) is 5.91 Å². The van der Waals surface area contributed by atoms with Crippen LogP contribution in [0.3, 0.4) is 0 Å². The van der Waals surface area contributed by atoms with E-state index in [9.17, 15) is 9.59 Å². The van der Waals surface area contributed by atoms with Gasteiger partial charge in [0.15, 0.2) is 6.61 Å². The topological polar surface area (TPSA) is 58.6 Å². The first kappa shape index (κ1) is 22.5. The minimum absolute atomic E-state index is 0.152. The molecule has 0 spiro atoms. The highest BCUT2D eigenvalue weighted by atomic mass is 127. The first-order valence-electron chi connectivity index (χ1n) is 9.15. The van der Waals surface area contributed by atoms with Crippen molar-refractivity contribution in [2.24, 2.45) is 0 Å². The molecule has 2 amide bonds. The van der Waals surface area contributed by atoms with Crippen molar-refractivity contribution >= 4 is 46.0 Å². The van der Waals surface area contributed by atoms with Gasteiger partial charge in [-0.15, -0.1) is 0 Å². The summed E-state index contributed by atoms with van der Waals surface area (Å²) in [6.07, 6.45) is 0.492. The summed E-state index contributed by atoms with van der Waals surface area (Å²) in [6, 6.07) is 14.2. The molecule has 0 aliphatic heterocycles. The average molecular weight is 515 g/mol. The fraction of sp³-hybridized carbons (Fsp3) is 0.333. The van der Waals surface area contributed by atoms with Crippen LogP contribution in [0.4, 0.5) is 0 Å². The average Bonchev–Trinajstić information content (AvgIpc) is 2.69. The number of carbonyl (C=O) groups is 2. The summed E-state index contributed by atoms with van der Waals surface area (Å²) in [6.45, 7) is 4.32. The Bertz CT molecular complexity index is 798. The second-order valence-corrected chi connectivity index (χ2v) is 7.83. The molecule has 0 aliphatic rings. The van der Waals surface area contributed by atoms with E-state index in [1.54, 1.807) is 11.0 Å². The van der Waals surface area contributed by atoms with Gasteiger partial charge in [-0.1, -0.05) is 36.7 Å². The van der Waals surface area contributed by atoms with Crippen LogP contribution in [0.1, 0.15) is 25.8 Å². The molecule has 5 nitrogen and oxygen atoms in total. The molecule has 28 heavy (non-hydrogen) atoms. The molecule has 2 aromatic carbocycles. The Morgan fingerprint density at radius 2 is 1.82 bits per heavy atom. The van der Waals surface area contributed by atoms with Crippen molar-refractivity contribution in [3.8, 4) is 5.75 Å². The van der Waals surface area contributed by atoms with Gasteiger partial charge in [-0.2, -0.15) is 0 Å². The first-order valence-corrected chi connectivity index (χ1v) is 10.6. The Morgan fingerprint density at radius 3 is 2.43 bits per heavy atom. The summed E-state index contributed by atoms with van der Waals surface area (Å²) >= 11 is 8.48. The Labute approximate surface area is 184 Å². The lowest BCUT2D eigenvalue weighted by atomic mass is 10.1. The molecule has 0 aromatic heterocycles. The number of likely N-dealkylation sites (N-methyl/N-ethyl adjacent to an activating group) is 1. The smallest absolute Gasteiger partial charge is 0.261 e. The molecule has 1 unspecified atom stereocenters. The second-order valence-electron chi connectivity index (χ2n) is 6.17. The Morgan fingerprint density at radius 1 is 1.14 bits per heavy atom. The number of hydrogen-bond donors (Lipinski definition) is 1. The van der Waals surface area contributed by atoms with E-state index >= 15 is 0 Å². The third-order valence-corrected chi connectivity index (χ3v) is 5.30. The molecule has 2 rings (SSSR count). The fourth-order valence-corrected chi connectivity index (χ4v) is 3.34. The van der Waals surface area contributed by atoms with Gasteiger partial charge >= 0.3 is 0 Å². The summed E-state index contributed by atoms with van der Waals surface area (Å²) in [4.78, 5) is 27.1. The maximum atomic E-state index is 13.0. The third kappa shape index (κ3) is 6.38. The largest absolute Gasteiger partial charge is 0.484 e. The van der Waals surface area contributed by atoms with Crippen LogP contribution in [0.25, 0.3) is 0 Å². The van der Waals surface area contributed by atoms with Crippen LogP contribution in [0, 0.1) is 3.57 Å². The highest BCUT2D eigenvalue weighted by Crippen LogP contribution is 2.20. The Kier molecular flexibility index (Phi) is 9.05. The molecule has 7 heteroatoms. The van der Waals surface area contributed by atoms with E-state index in [1.807, 2.05) is 56.3 Å². The van der Waals surface area contributed by atoms with Crippen molar-refractivity contribution in [3.05, 3.63) is 62.7 Å². The zero-order valence-electron chi connectivity index (χ0n) is 16.0. The van der Waals surface area contributed by atoms with Crippen LogP contribution in [-0.2, 0) is 16.1 Å². The van der Waals surface area contributed by atoms with Crippen molar-refractivity contribution < 1.29 is 14.3 Å². The highest BCUT2D eigenvalue weighted by molar-refractivity contribution is 14.1. The number of nitrogens with zero attached hydrogens (tertiary/aromatic N) is 1. The van der Waals surface area contributed by atoms with Gasteiger partial charge in [-0.3, -0.25) is 9.59 Å². The normalized spacial score (nSPS) is 11.6. The van der Waals surface area contributed by atoms with Gasteiger partial charge in [0, 0.05) is 21.7 Å². The molecule has 2 aromatic rings. The molecule has 0 heterocycles. The van der Waals surface area contributed by atoms with Crippen LogP contribution in [-0.4, -0.2) is 35.9 Å². The van der Waals surface area contributed by atoms with Gasteiger partial charge in [0.05, 0.1) is 0 Å². The summed E-state index contributed by atoms with van der Waals surface area (Å²) in [7, 11) is 0. The molecule has 1 atom stereocenters. The van der Waals surface area contributed by atoms with E-state index < -0.39 is 6.04 Å². The van der Waals surface area contributed by atoms with E-state index in [0.717, 1.165) is 9.13 Å². The maximum absolute atomic E-state index is 13.0. The molecule has 0 fully saturated rings. The quantitative estimate of drug-likeness (QED) is 0.509. The minimum atomic E-state index is -0.593. The predicted molar refractivity (Wildman–Crippen MR) is 119 cm³/mol. The van der Waals surface area contributed by atoms with Gasteiger partial charge < -0.3 is 15.0 Å².